The van der Waals surface area contributed by atoms with E-state index in [1.54, 1.807) is 24.3 Å². The fraction of sp³-hybridized carbons (Fsp3) is 0.367. The normalized spacial score (nSPS) is 11.2. The van der Waals surface area contributed by atoms with Crippen molar-refractivity contribution in [1.29, 1.82) is 0 Å². The summed E-state index contributed by atoms with van der Waals surface area (Å²) in [6.45, 7) is 2.44. The van der Waals surface area contributed by atoms with E-state index in [9.17, 15) is 18.0 Å². The molecule has 0 fully saturated rings. The number of ether oxygens (including phenoxy) is 2. The van der Waals surface area contributed by atoms with Gasteiger partial charge < -0.3 is 14.8 Å². The smallest absolute Gasteiger partial charge is 0.416 e. The fourth-order valence-electron chi connectivity index (χ4n) is 3.93. The number of benzene rings is 3. The molecular formula is C30H34F3NO3. The van der Waals surface area contributed by atoms with Gasteiger partial charge in [-0.3, -0.25) is 0 Å². The topological polar surface area (TPSA) is 47.6 Å². The van der Waals surface area contributed by atoms with Crippen LogP contribution in [-0.2, 0) is 17.3 Å². The van der Waals surface area contributed by atoms with Crippen molar-refractivity contribution < 1.29 is 27.4 Å². The number of carbonyl (C=O) groups excluding carboxylic acids is 1. The second-order valence-electron chi connectivity index (χ2n) is 8.90. The van der Waals surface area contributed by atoms with E-state index < -0.39 is 17.7 Å². The van der Waals surface area contributed by atoms with Crippen LogP contribution in [0.5, 0.6) is 5.75 Å². The Morgan fingerprint density at radius 3 is 2.32 bits per heavy atom. The third-order valence-corrected chi connectivity index (χ3v) is 5.94. The SMILES string of the molecule is CCCCCCCCc1ccc(OCCOC(=O)c2ccccc2Nc2cccc(C(F)(F)F)c2)cc1. The molecule has 3 aromatic rings. The van der Waals surface area contributed by atoms with Crippen LogP contribution in [0, 0.1) is 0 Å². The van der Waals surface area contributed by atoms with Crippen molar-refractivity contribution in [3.63, 3.8) is 0 Å². The van der Waals surface area contributed by atoms with Crippen LogP contribution in [0.15, 0.2) is 72.8 Å². The maximum absolute atomic E-state index is 13.0. The summed E-state index contributed by atoms with van der Waals surface area (Å²) in [7, 11) is 0. The zero-order valence-electron chi connectivity index (χ0n) is 21.2. The fourth-order valence-corrected chi connectivity index (χ4v) is 3.93. The number of esters is 1. The zero-order valence-corrected chi connectivity index (χ0v) is 21.2. The van der Waals surface area contributed by atoms with Crippen molar-refractivity contribution in [3.8, 4) is 5.75 Å². The van der Waals surface area contributed by atoms with Crippen LogP contribution >= 0.6 is 0 Å². The minimum Gasteiger partial charge on any atom is -0.490 e. The molecule has 0 bridgehead atoms. The molecule has 0 heterocycles. The van der Waals surface area contributed by atoms with Gasteiger partial charge in [-0.2, -0.15) is 13.2 Å². The van der Waals surface area contributed by atoms with Gasteiger partial charge in [-0.1, -0.05) is 69.4 Å². The molecule has 0 aliphatic heterocycles. The highest BCUT2D eigenvalue weighted by molar-refractivity contribution is 5.96. The summed E-state index contributed by atoms with van der Waals surface area (Å²) in [4.78, 5) is 12.6. The molecule has 198 valence electrons. The highest BCUT2D eigenvalue weighted by atomic mass is 19.4. The van der Waals surface area contributed by atoms with Crippen LogP contribution in [0.4, 0.5) is 24.5 Å². The summed E-state index contributed by atoms with van der Waals surface area (Å²) in [5, 5.41) is 2.88. The lowest BCUT2D eigenvalue weighted by Crippen LogP contribution is -2.13. The second-order valence-corrected chi connectivity index (χ2v) is 8.90. The molecule has 0 aliphatic carbocycles. The molecule has 3 aromatic carbocycles. The Hall–Kier alpha value is -3.48. The number of carbonyl (C=O) groups is 1. The molecule has 0 radical (unpaired) electrons. The number of alkyl halides is 3. The van der Waals surface area contributed by atoms with Gasteiger partial charge in [0, 0.05) is 5.69 Å². The number of rotatable bonds is 14. The summed E-state index contributed by atoms with van der Waals surface area (Å²) in [6.07, 6.45) is 4.21. The van der Waals surface area contributed by atoms with Gasteiger partial charge in [0.15, 0.2) is 0 Å². The van der Waals surface area contributed by atoms with E-state index in [2.05, 4.69) is 24.4 Å². The Kier molecular flexibility index (Phi) is 10.9. The van der Waals surface area contributed by atoms with Gasteiger partial charge in [-0.15, -0.1) is 0 Å². The Morgan fingerprint density at radius 1 is 0.838 bits per heavy atom. The Morgan fingerprint density at radius 2 is 1.57 bits per heavy atom. The Balaban J connectivity index is 1.44. The third kappa shape index (κ3) is 9.48. The van der Waals surface area contributed by atoms with Crippen LogP contribution in [0.2, 0.25) is 0 Å². The number of unbranched alkanes of at least 4 members (excludes halogenated alkanes) is 5. The first kappa shape index (κ1) is 28.1. The van der Waals surface area contributed by atoms with Crippen molar-refractivity contribution in [3.05, 3.63) is 89.5 Å². The van der Waals surface area contributed by atoms with Gasteiger partial charge in [0.1, 0.15) is 19.0 Å². The largest absolute Gasteiger partial charge is 0.490 e. The standard InChI is InChI=1S/C30H34F3NO3/c1-2-3-4-5-6-7-11-23-16-18-26(19-17-23)36-20-21-37-29(35)27-14-8-9-15-28(27)34-25-13-10-12-24(22-25)30(31,32)33/h8-10,12-19,22,34H,2-7,11,20-21H2,1H3. The highest BCUT2D eigenvalue weighted by Gasteiger charge is 2.30. The van der Waals surface area contributed by atoms with E-state index in [-0.39, 0.29) is 24.5 Å². The molecule has 0 aliphatic rings. The number of nitrogens with one attached hydrogen (secondary N) is 1. The first-order valence-electron chi connectivity index (χ1n) is 12.8. The predicted octanol–water partition coefficient (Wildman–Crippen LogP) is 8.59. The maximum atomic E-state index is 13.0. The van der Waals surface area contributed by atoms with Crippen molar-refractivity contribution in [2.75, 3.05) is 18.5 Å². The minimum absolute atomic E-state index is 0.0379. The van der Waals surface area contributed by atoms with Gasteiger partial charge in [0.05, 0.1) is 16.8 Å². The van der Waals surface area contributed by atoms with E-state index in [1.807, 2.05) is 12.1 Å². The van der Waals surface area contributed by atoms with Crippen LogP contribution in [-0.4, -0.2) is 19.2 Å². The Labute approximate surface area is 216 Å². The average Bonchev–Trinajstić information content (AvgIpc) is 2.89. The number of hydrogen-bond acceptors (Lipinski definition) is 4. The average molecular weight is 514 g/mol. The molecule has 7 heteroatoms. The van der Waals surface area contributed by atoms with Crippen molar-refractivity contribution in [2.24, 2.45) is 0 Å². The monoisotopic (exact) mass is 513 g/mol. The van der Waals surface area contributed by atoms with Gasteiger partial charge in [0.25, 0.3) is 0 Å². The summed E-state index contributed by atoms with van der Waals surface area (Å²) in [5.41, 5.74) is 1.30. The molecule has 0 amide bonds. The maximum Gasteiger partial charge on any atom is 0.416 e. The molecular weight excluding hydrogens is 479 g/mol. The van der Waals surface area contributed by atoms with Gasteiger partial charge in [0.2, 0.25) is 0 Å². The molecule has 3 rings (SSSR count). The summed E-state index contributed by atoms with van der Waals surface area (Å²) < 4.78 is 50.1. The van der Waals surface area contributed by atoms with E-state index in [0.717, 1.165) is 18.6 Å². The van der Waals surface area contributed by atoms with Crippen molar-refractivity contribution >= 4 is 17.3 Å². The molecule has 0 atom stereocenters. The quantitative estimate of drug-likeness (QED) is 0.173. The Bertz CT molecular complexity index is 1110. The van der Waals surface area contributed by atoms with Gasteiger partial charge in [-0.05, 0) is 60.9 Å². The summed E-state index contributed by atoms with van der Waals surface area (Å²) in [5.74, 6) is 0.113. The van der Waals surface area contributed by atoms with E-state index in [1.165, 1.54) is 56.2 Å². The number of hydrogen-bond donors (Lipinski definition) is 1. The van der Waals surface area contributed by atoms with Crippen LogP contribution < -0.4 is 10.1 Å². The van der Waals surface area contributed by atoms with Crippen LogP contribution in [0.1, 0.15) is 66.9 Å². The highest BCUT2D eigenvalue weighted by Crippen LogP contribution is 2.32. The van der Waals surface area contributed by atoms with Crippen LogP contribution in [0.25, 0.3) is 0 Å². The first-order valence-corrected chi connectivity index (χ1v) is 12.8. The van der Waals surface area contributed by atoms with Gasteiger partial charge in [-0.25, -0.2) is 4.79 Å². The van der Waals surface area contributed by atoms with Crippen molar-refractivity contribution in [1.82, 2.24) is 0 Å². The summed E-state index contributed by atoms with van der Waals surface area (Å²) >= 11 is 0. The molecule has 1 N–H and O–H groups in total. The van der Waals surface area contributed by atoms with E-state index >= 15 is 0 Å². The zero-order chi connectivity index (χ0) is 26.5. The number of halogens is 3. The van der Waals surface area contributed by atoms with E-state index in [0.29, 0.717) is 11.4 Å². The third-order valence-electron chi connectivity index (χ3n) is 5.94. The number of aryl methyl sites for hydroxylation is 1. The lowest BCUT2D eigenvalue weighted by atomic mass is 10.0. The van der Waals surface area contributed by atoms with Crippen molar-refractivity contribution in [2.45, 2.75) is 58.0 Å². The molecule has 0 unspecified atom stereocenters. The molecule has 0 saturated heterocycles. The minimum atomic E-state index is -4.45. The van der Waals surface area contributed by atoms with Gasteiger partial charge >= 0.3 is 12.1 Å². The predicted molar refractivity (Wildman–Crippen MR) is 140 cm³/mol. The number of para-hydroxylation sites is 1. The van der Waals surface area contributed by atoms with Crippen LogP contribution in [0.3, 0.4) is 0 Å². The molecule has 4 nitrogen and oxygen atoms in total. The lowest BCUT2D eigenvalue weighted by molar-refractivity contribution is -0.137. The molecule has 37 heavy (non-hydrogen) atoms. The van der Waals surface area contributed by atoms with E-state index in [4.69, 9.17) is 9.47 Å². The second kappa shape index (κ2) is 14.3. The first-order chi connectivity index (χ1) is 17.9. The molecule has 0 aromatic heterocycles. The lowest BCUT2D eigenvalue weighted by Gasteiger charge is -2.14. The number of anilines is 2. The molecule has 0 saturated carbocycles. The molecule has 0 spiro atoms. The summed E-state index contributed by atoms with van der Waals surface area (Å²) in [6, 6.07) is 19.3.